The summed E-state index contributed by atoms with van der Waals surface area (Å²) in [4.78, 5) is 16.7. The van der Waals surface area contributed by atoms with Gasteiger partial charge in [-0.15, -0.1) is 0 Å². The van der Waals surface area contributed by atoms with Gasteiger partial charge < -0.3 is 20.2 Å². The summed E-state index contributed by atoms with van der Waals surface area (Å²) in [7, 11) is 0. The Morgan fingerprint density at radius 1 is 1.08 bits per heavy atom. The highest BCUT2D eigenvalue weighted by Crippen LogP contribution is 2.19. The molecule has 5 nitrogen and oxygen atoms in total. The number of hydrogen-bond acceptors (Lipinski definition) is 3. The van der Waals surface area contributed by atoms with Gasteiger partial charge in [-0.05, 0) is 43.3 Å². The predicted molar refractivity (Wildman–Crippen MR) is 104 cm³/mol. The number of nitrogens with two attached hydrogens (primary N) is 1. The van der Waals surface area contributed by atoms with Gasteiger partial charge in [0.05, 0.1) is 0 Å². The van der Waals surface area contributed by atoms with Crippen LogP contribution in [-0.4, -0.2) is 48.6 Å². The van der Waals surface area contributed by atoms with E-state index < -0.39 is 0 Å². The summed E-state index contributed by atoms with van der Waals surface area (Å²) < 4.78 is 0. The lowest BCUT2D eigenvalue weighted by Crippen LogP contribution is -2.87. The molecule has 2 aromatic rings. The summed E-state index contributed by atoms with van der Waals surface area (Å²) in [5, 5.41) is 12.2. The first kappa shape index (κ1) is 18.5. The standard InChI is InChI=1S/C20H24ClN3O2/c1-15(16-2-4-17(21)5-3-16)22-14-20(26)24-12-10-23(11-13-24)18-6-8-19(25)9-7-18/h2-9,15,22,25H,10-14H2,1H3/p+1/t15-/m1/s1. The van der Waals surface area contributed by atoms with Gasteiger partial charge in [-0.25, -0.2) is 0 Å². The summed E-state index contributed by atoms with van der Waals surface area (Å²) in [6, 6.07) is 15.2. The first-order chi connectivity index (χ1) is 12.5. The molecule has 0 spiro atoms. The molecule has 0 bridgehead atoms. The number of benzene rings is 2. The molecular formula is C20H25ClN3O2+. The van der Waals surface area contributed by atoms with Crippen LogP contribution in [0.1, 0.15) is 18.5 Å². The van der Waals surface area contributed by atoms with Crippen LogP contribution < -0.4 is 10.2 Å². The van der Waals surface area contributed by atoms with Crippen LogP contribution in [0.3, 0.4) is 0 Å². The van der Waals surface area contributed by atoms with E-state index >= 15 is 0 Å². The van der Waals surface area contributed by atoms with E-state index in [0.717, 1.165) is 36.9 Å². The number of piperazine rings is 1. The summed E-state index contributed by atoms with van der Waals surface area (Å²) in [6.45, 7) is 5.61. The van der Waals surface area contributed by atoms with Gasteiger partial charge in [0.1, 0.15) is 11.8 Å². The van der Waals surface area contributed by atoms with Crippen molar-refractivity contribution in [3.63, 3.8) is 0 Å². The molecule has 1 atom stereocenters. The summed E-state index contributed by atoms with van der Waals surface area (Å²) in [5.74, 6) is 0.448. The quantitative estimate of drug-likeness (QED) is 0.841. The maximum absolute atomic E-state index is 12.5. The van der Waals surface area contributed by atoms with Gasteiger partial charge in [0.2, 0.25) is 0 Å². The Morgan fingerprint density at radius 3 is 2.31 bits per heavy atom. The third-order valence-corrected chi connectivity index (χ3v) is 5.14. The normalized spacial score (nSPS) is 15.8. The Kier molecular flexibility index (Phi) is 6.01. The van der Waals surface area contributed by atoms with Gasteiger partial charge in [-0.2, -0.15) is 0 Å². The third kappa shape index (κ3) is 4.68. The fourth-order valence-corrected chi connectivity index (χ4v) is 3.31. The van der Waals surface area contributed by atoms with Crippen LogP contribution in [0.2, 0.25) is 5.02 Å². The van der Waals surface area contributed by atoms with Crippen molar-refractivity contribution in [2.24, 2.45) is 0 Å². The largest absolute Gasteiger partial charge is 0.508 e. The zero-order valence-corrected chi connectivity index (χ0v) is 15.7. The Morgan fingerprint density at radius 2 is 1.69 bits per heavy atom. The van der Waals surface area contributed by atoms with Crippen molar-refractivity contribution < 1.29 is 15.2 Å². The van der Waals surface area contributed by atoms with E-state index in [-0.39, 0.29) is 17.7 Å². The van der Waals surface area contributed by atoms with Crippen molar-refractivity contribution in [2.75, 3.05) is 37.6 Å². The average Bonchev–Trinajstić information content (AvgIpc) is 2.67. The van der Waals surface area contributed by atoms with Crippen LogP contribution in [0.5, 0.6) is 5.75 Å². The van der Waals surface area contributed by atoms with Crippen LogP contribution in [-0.2, 0) is 4.79 Å². The van der Waals surface area contributed by atoms with E-state index in [2.05, 4.69) is 17.1 Å². The number of aromatic hydroxyl groups is 1. The Hall–Kier alpha value is -2.24. The van der Waals surface area contributed by atoms with Gasteiger partial charge in [0.15, 0.2) is 6.54 Å². The first-order valence-electron chi connectivity index (χ1n) is 8.93. The Labute approximate surface area is 159 Å². The van der Waals surface area contributed by atoms with Crippen LogP contribution in [0.4, 0.5) is 5.69 Å². The molecule has 1 amide bonds. The minimum atomic E-state index is 0.177. The monoisotopic (exact) mass is 374 g/mol. The highest BCUT2D eigenvalue weighted by Gasteiger charge is 2.23. The number of amides is 1. The highest BCUT2D eigenvalue weighted by molar-refractivity contribution is 6.30. The number of phenols is 1. The van der Waals surface area contributed by atoms with Crippen molar-refractivity contribution in [1.29, 1.82) is 0 Å². The van der Waals surface area contributed by atoms with E-state index in [1.54, 1.807) is 12.1 Å². The maximum atomic E-state index is 12.5. The van der Waals surface area contributed by atoms with Gasteiger partial charge in [0.25, 0.3) is 5.91 Å². The fourth-order valence-electron chi connectivity index (χ4n) is 3.19. The van der Waals surface area contributed by atoms with E-state index in [9.17, 15) is 9.90 Å². The second-order valence-electron chi connectivity index (χ2n) is 6.66. The van der Waals surface area contributed by atoms with Gasteiger partial charge in [-0.1, -0.05) is 23.7 Å². The molecule has 0 unspecified atom stereocenters. The number of anilines is 1. The van der Waals surface area contributed by atoms with Crippen molar-refractivity contribution >= 4 is 23.2 Å². The zero-order chi connectivity index (χ0) is 18.5. The molecule has 0 radical (unpaired) electrons. The molecule has 1 heterocycles. The summed E-state index contributed by atoms with van der Waals surface area (Å²) >= 11 is 5.92. The molecule has 1 fully saturated rings. The first-order valence-corrected chi connectivity index (χ1v) is 9.31. The minimum Gasteiger partial charge on any atom is -0.508 e. The second kappa shape index (κ2) is 8.43. The van der Waals surface area contributed by atoms with Crippen LogP contribution in [0.15, 0.2) is 48.5 Å². The number of carbonyl (C=O) groups is 1. The zero-order valence-electron chi connectivity index (χ0n) is 14.9. The molecule has 0 aromatic heterocycles. The van der Waals surface area contributed by atoms with Crippen molar-refractivity contribution in [1.82, 2.24) is 4.90 Å². The van der Waals surface area contributed by atoms with Crippen LogP contribution >= 0.6 is 11.6 Å². The highest BCUT2D eigenvalue weighted by atomic mass is 35.5. The van der Waals surface area contributed by atoms with Gasteiger partial charge in [-0.3, -0.25) is 4.79 Å². The molecule has 26 heavy (non-hydrogen) atoms. The smallest absolute Gasteiger partial charge is 0.277 e. The van der Waals surface area contributed by atoms with Crippen LogP contribution in [0, 0.1) is 0 Å². The summed E-state index contributed by atoms with van der Waals surface area (Å²) in [6.07, 6.45) is 0. The molecule has 6 heteroatoms. The number of hydrogen-bond donors (Lipinski definition) is 2. The SMILES string of the molecule is C[C@@H]([NH2+]CC(=O)N1CCN(c2ccc(O)cc2)CC1)c1ccc(Cl)cc1. The van der Waals surface area contributed by atoms with E-state index in [1.807, 2.05) is 41.3 Å². The van der Waals surface area contributed by atoms with Crippen LogP contribution in [0.25, 0.3) is 0 Å². The molecule has 0 aliphatic carbocycles. The molecule has 0 saturated carbocycles. The molecule has 1 aliphatic rings. The topological polar surface area (TPSA) is 60.4 Å². The molecule has 1 saturated heterocycles. The Bertz CT molecular complexity index is 726. The van der Waals surface area contributed by atoms with Crippen molar-refractivity contribution in [3.8, 4) is 5.75 Å². The van der Waals surface area contributed by atoms with E-state index in [1.165, 1.54) is 5.56 Å². The fraction of sp³-hybridized carbons (Fsp3) is 0.350. The van der Waals surface area contributed by atoms with Gasteiger partial charge in [0, 0.05) is 42.5 Å². The number of carbonyl (C=O) groups excluding carboxylic acids is 1. The summed E-state index contributed by atoms with van der Waals surface area (Å²) in [5.41, 5.74) is 2.25. The maximum Gasteiger partial charge on any atom is 0.277 e. The van der Waals surface area contributed by atoms with Crippen molar-refractivity contribution in [3.05, 3.63) is 59.1 Å². The number of quaternary nitrogens is 1. The number of halogens is 1. The molecule has 1 aliphatic heterocycles. The molecular weight excluding hydrogens is 350 g/mol. The Balaban J connectivity index is 1.46. The molecule has 138 valence electrons. The van der Waals surface area contributed by atoms with E-state index in [4.69, 9.17) is 11.6 Å². The van der Waals surface area contributed by atoms with E-state index in [0.29, 0.717) is 6.54 Å². The lowest BCUT2D eigenvalue weighted by molar-refractivity contribution is -0.683. The molecule has 2 aromatic carbocycles. The van der Waals surface area contributed by atoms with Gasteiger partial charge >= 0.3 is 0 Å². The number of phenolic OH excluding ortho intramolecular Hbond substituents is 1. The molecule has 3 N–H and O–H groups in total. The average molecular weight is 375 g/mol. The number of nitrogens with zero attached hydrogens (tertiary/aromatic N) is 2. The lowest BCUT2D eigenvalue weighted by Gasteiger charge is -2.36. The predicted octanol–water partition coefficient (Wildman–Crippen LogP) is 2.02. The lowest BCUT2D eigenvalue weighted by atomic mass is 10.1. The van der Waals surface area contributed by atoms with Crippen molar-refractivity contribution in [2.45, 2.75) is 13.0 Å². The third-order valence-electron chi connectivity index (χ3n) is 4.89. The second-order valence-corrected chi connectivity index (χ2v) is 7.10. The number of rotatable bonds is 5. The minimum absolute atomic E-state index is 0.177. The molecule has 3 rings (SSSR count).